The Morgan fingerprint density at radius 3 is 2.34 bits per heavy atom. The summed E-state index contributed by atoms with van der Waals surface area (Å²) in [6.45, 7) is 2.06. The average molecular weight is 495 g/mol. The van der Waals surface area contributed by atoms with Crippen LogP contribution < -0.4 is 13.9 Å². The molecule has 182 valence electrons. The van der Waals surface area contributed by atoms with Crippen LogP contribution in [0.1, 0.15) is 22.8 Å². The van der Waals surface area contributed by atoms with Gasteiger partial charge in [-0.25, -0.2) is 13.2 Å². The number of benzene rings is 3. The van der Waals surface area contributed by atoms with E-state index in [0.717, 1.165) is 22.0 Å². The number of carbonyl (C=O) groups is 2. The second kappa shape index (κ2) is 9.79. The number of para-hydroxylation sites is 3. The highest BCUT2D eigenvalue weighted by molar-refractivity contribution is 7.92. The number of hydrogen-bond donors (Lipinski definition) is 0. The van der Waals surface area contributed by atoms with E-state index in [1.165, 1.54) is 45.3 Å². The predicted octanol–water partition coefficient (Wildman–Crippen LogP) is 3.65. The lowest BCUT2D eigenvalue weighted by atomic mass is 10.2. The summed E-state index contributed by atoms with van der Waals surface area (Å²) in [5.74, 6) is -0.598. The van der Waals surface area contributed by atoms with Gasteiger partial charge in [-0.05, 0) is 61.4 Å². The third-order valence-electron chi connectivity index (χ3n) is 5.96. The van der Waals surface area contributed by atoms with Gasteiger partial charge >= 0.3 is 5.97 Å². The molecule has 1 unspecified atom stereocenters. The van der Waals surface area contributed by atoms with Gasteiger partial charge in [0.05, 0.1) is 23.3 Å². The van der Waals surface area contributed by atoms with Gasteiger partial charge in [-0.3, -0.25) is 9.10 Å². The molecule has 0 saturated heterocycles. The zero-order valence-electron chi connectivity index (χ0n) is 19.7. The number of amides is 1. The molecule has 0 spiro atoms. The molecular formula is C26H26N2O6S. The molecule has 3 aromatic rings. The Morgan fingerprint density at radius 1 is 0.971 bits per heavy atom. The van der Waals surface area contributed by atoms with Crippen LogP contribution in [-0.4, -0.2) is 47.1 Å². The van der Waals surface area contributed by atoms with Gasteiger partial charge in [0.1, 0.15) is 5.75 Å². The summed E-state index contributed by atoms with van der Waals surface area (Å²) in [7, 11) is -1.01. The first kappa shape index (κ1) is 24.3. The summed E-state index contributed by atoms with van der Waals surface area (Å²) in [5, 5.41) is 0. The smallest absolute Gasteiger partial charge is 0.338 e. The molecule has 9 heteroatoms. The molecule has 8 nitrogen and oxygen atoms in total. The Kier molecular flexibility index (Phi) is 6.79. The topological polar surface area (TPSA) is 93.2 Å². The highest BCUT2D eigenvalue weighted by atomic mass is 32.2. The van der Waals surface area contributed by atoms with Crippen molar-refractivity contribution in [3.05, 3.63) is 83.9 Å². The molecule has 1 aliphatic heterocycles. The van der Waals surface area contributed by atoms with Crippen LogP contribution in [0.4, 0.5) is 11.4 Å². The van der Waals surface area contributed by atoms with Crippen LogP contribution in [0.3, 0.4) is 0 Å². The normalized spacial score (nSPS) is 13.6. The first-order chi connectivity index (χ1) is 16.7. The Hall–Kier alpha value is -3.85. The summed E-state index contributed by atoms with van der Waals surface area (Å²) in [5.41, 5.74) is 2.43. The molecule has 0 bridgehead atoms. The minimum Gasteiger partial charge on any atom is -0.495 e. The van der Waals surface area contributed by atoms with Gasteiger partial charge in [0, 0.05) is 19.3 Å². The lowest BCUT2D eigenvalue weighted by molar-refractivity contribution is -0.126. The quantitative estimate of drug-likeness (QED) is 0.466. The van der Waals surface area contributed by atoms with Gasteiger partial charge in [0.15, 0.2) is 6.10 Å². The molecular weight excluding hydrogens is 468 g/mol. The molecule has 1 amide bonds. The second-order valence-corrected chi connectivity index (χ2v) is 10.1. The molecule has 1 atom stereocenters. The second-order valence-electron chi connectivity index (χ2n) is 8.08. The van der Waals surface area contributed by atoms with E-state index in [1.807, 2.05) is 24.3 Å². The number of sulfonamides is 1. The van der Waals surface area contributed by atoms with Crippen LogP contribution in [-0.2, 0) is 26.0 Å². The number of anilines is 2. The van der Waals surface area contributed by atoms with Crippen molar-refractivity contribution in [1.82, 2.24) is 0 Å². The molecule has 35 heavy (non-hydrogen) atoms. The molecule has 3 aromatic carbocycles. The fourth-order valence-electron chi connectivity index (χ4n) is 4.01. The summed E-state index contributed by atoms with van der Waals surface area (Å²) in [6.07, 6.45) is -0.240. The maximum absolute atomic E-state index is 13.1. The van der Waals surface area contributed by atoms with E-state index in [4.69, 9.17) is 9.47 Å². The average Bonchev–Trinajstić information content (AvgIpc) is 3.31. The number of esters is 1. The Bertz CT molecular complexity index is 1350. The van der Waals surface area contributed by atoms with Gasteiger partial charge in [-0.1, -0.05) is 30.3 Å². The van der Waals surface area contributed by atoms with Crippen molar-refractivity contribution in [2.45, 2.75) is 24.3 Å². The van der Waals surface area contributed by atoms with Crippen molar-refractivity contribution in [3.8, 4) is 5.75 Å². The van der Waals surface area contributed by atoms with E-state index in [2.05, 4.69) is 0 Å². The highest BCUT2D eigenvalue weighted by Gasteiger charge is 2.30. The fourth-order valence-corrected chi connectivity index (χ4v) is 5.21. The number of nitrogens with zero attached hydrogens (tertiary/aromatic N) is 2. The largest absolute Gasteiger partial charge is 0.495 e. The number of rotatable bonds is 7. The predicted molar refractivity (Wildman–Crippen MR) is 132 cm³/mol. The molecule has 0 saturated carbocycles. The van der Waals surface area contributed by atoms with E-state index in [-0.39, 0.29) is 16.4 Å². The van der Waals surface area contributed by atoms with Crippen LogP contribution in [0.15, 0.2) is 77.7 Å². The molecule has 0 N–H and O–H groups in total. The number of methoxy groups -OCH3 is 1. The van der Waals surface area contributed by atoms with E-state index in [1.54, 1.807) is 29.2 Å². The SMILES string of the molecule is COc1ccccc1N(C)S(=O)(=O)c1ccc(C(=O)OC(C)C(=O)N2CCc3ccccc32)cc1. The van der Waals surface area contributed by atoms with E-state index in [9.17, 15) is 18.0 Å². The van der Waals surface area contributed by atoms with Crippen molar-refractivity contribution in [2.75, 3.05) is 29.9 Å². The number of carbonyl (C=O) groups excluding carboxylic acids is 2. The zero-order chi connectivity index (χ0) is 25.2. The molecule has 1 heterocycles. The van der Waals surface area contributed by atoms with Crippen molar-refractivity contribution >= 4 is 33.3 Å². The van der Waals surface area contributed by atoms with Crippen molar-refractivity contribution < 1.29 is 27.5 Å². The first-order valence-electron chi connectivity index (χ1n) is 11.1. The fraction of sp³-hybridized carbons (Fsp3) is 0.231. The molecule has 0 radical (unpaired) electrons. The zero-order valence-corrected chi connectivity index (χ0v) is 20.5. The van der Waals surface area contributed by atoms with Gasteiger partial charge < -0.3 is 14.4 Å². The van der Waals surface area contributed by atoms with E-state index >= 15 is 0 Å². The van der Waals surface area contributed by atoms with Crippen LogP contribution in [0.2, 0.25) is 0 Å². The summed E-state index contributed by atoms with van der Waals surface area (Å²) >= 11 is 0. The lowest BCUT2D eigenvalue weighted by Crippen LogP contribution is -2.39. The maximum atomic E-state index is 13.1. The molecule has 4 rings (SSSR count). The standard InChI is InChI=1S/C26H26N2O6S/c1-18(25(29)28-17-16-19-8-4-5-9-22(19)28)34-26(30)20-12-14-21(15-13-20)35(31,32)27(2)23-10-6-7-11-24(23)33-3/h4-15,18H,16-17H2,1-3H3. The third-order valence-corrected chi connectivity index (χ3v) is 7.74. The van der Waals surface area contributed by atoms with Crippen molar-refractivity contribution in [1.29, 1.82) is 0 Å². The van der Waals surface area contributed by atoms with Gasteiger partial charge in [-0.15, -0.1) is 0 Å². The molecule has 0 aliphatic carbocycles. The highest BCUT2D eigenvalue weighted by Crippen LogP contribution is 2.31. The lowest BCUT2D eigenvalue weighted by Gasteiger charge is -2.22. The molecule has 0 fully saturated rings. The van der Waals surface area contributed by atoms with E-state index in [0.29, 0.717) is 18.0 Å². The summed E-state index contributed by atoms with van der Waals surface area (Å²) < 4.78 is 38.0. The van der Waals surface area contributed by atoms with Gasteiger partial charge in [-0.2, -0.15) is 0 Å². The monoisotopic (exact) mass is 494 g/mol. The number of ether oxygens (including phenoxy) is 2. The van der Waals surface area contributed by atoms with Crippen molar-refractivity contribution in [2.24, 2.45) is 0 Å². The Morgan fingerprint density at radius 2 is 1.63 bits per heavy atom. The third kappa shape index (κ3) is 4.72. The summed E-state index contributed by atoms with van der Waals surface area (Å²) in [6, 6.07) is 19.8. The van der Waals surface area contributed by atoms with Crippen molar-refractivity contribution in [3.63, 3.8) is 0 Å². The molecule has 0 aromatic heterocycles. The van der Waals surface area contributed by atoms with Gasteiger partial charge in [0.25, 0.3) is 15.9 Å². The van der Waals surface area contributed by atoms with Crippen LogP contribution in [0.25, 0.3) is 0 Å². The number of fused-ring (bicyclic) bond motifs is 1. The van der Waals surface area contributed by atoms with Gasteiger partial charge in [0.2, 0.25) is 0 Å². The summed E-state index contributed by atoms with van der Waals surface area (Å²) in [4.78, 5) is 27.1. The minimum atomic E-state index is -3.90. The van der Waals surface area contributed by atoms with Crippen LogP contribution in [0, 0.1) is 0 Å². The first-order valence-corrected chi connectivity index (χ1v) is 12.5. The number of hydrogen-bond acceptors (Lipinski definition) is 6. The van der Waals surface area contributed by atoms with E-state index < -0.39 is 22.1 Å². The van der Waals surface area contributed by atoms with Crippen LogP contribution in [0.5, 0.6) is 5.75 Å². The minimum absolute atomic E-state index is 0.000236. The molecule has 1 aliphatic rings. The Balaban J connectivity index is 1.45. The Labute approximate surface area is 204 Å². The van der Waals surface area contributed by atoms with Crippen LogP contribution >= 0.6 is 0 Å². The maximum Gasteiger partial charge on any atom is 0.338 e.